The SMILES string of the molecule is CC/C(=N\Nc1c(F)c(F)c(F)c(F)c1F)C1C(=O)CC(C)(C)CC1=O. The summed E-state index contributed by atoms with van der Waals surface area (Å²) in [5.74, 6) is -12.7. The molecule has 0 spiro atoms. The van der Waals surface area contributed by atoms with Crippen LogP contribution in [0.3, 0.4) is 0 Å². The molecule has 1 aliphatic rings. The topological polar surface area (TPSA) is 58.5 Å². The number of hydrazone groups is 1. The van der Waals surface area contributed by atoms with Crippen LogP contribution in [0.1, 0.15) is 40.0 Å². The number of rotatable bonds is 4. The number of ketones is 2. The van der Waals surface area contributed by atoms with Crippen LogP contribution in [0.4, 0.5) is 27.6 Å². The van der Waals surface area contributed by atoms with Gasteiger partial charge in [-0.05, 0) is 11.8 Å². The Bertz CT molecular complexity index is 756. The Morgan fingerprint density at radius 3 is 1.81 bits per heavy atom. The molecule has 0 amide bonds. The molecule has 0 aromatic heterocycles. The number of carbonyl (C=O) groups is 2. The fourth-order valence-electron chi connectivity index (χ4n) is 2.94. The zero-order valence-corrected chi connectivity index (χ0v) is 14.4. The van der Waals surface area contributed by atoms with Crippen LogP contribution in [0, 0.1) is 40.4 Å². The molecule has 0 aliphatic heterocycles. The molecule has 1 N–H and O–H groups in total. The molecule has 1 fully saturated rings. The zero-order valence-electron chi connectivity index (χ0n) is 14.4. The Morgan fingerprint density at radius 2 is 1.38 bits per heavy atom. The van der Waals surface area contributed by atoms with Crippen molar-refractivity contribution < 1.29 is 31.5 Å². The maximum atomic E-state index is 13.7. The molecule has 1 aliphatic carbocycles. The predicted octanol–water partition coefficient (Wildman–Crippen LogP) is 4.13. The van der Waals surface area contributed by atoms with E-state index in [-0.39, 0.29) is 25.0 Å². The van der Waals surface area contributed by atoms with Gasteiger partial charge in [-0.1, -0.05) is 20.8 Å². The van der Waals surface area contributed by atoms with Crippen LogP contribution in [0.5, 0.6) is 0 Å². The average Bonchev–Trinajstić information content (AvgIpc) is 2.54. The van der Waals surface area contributed by atoms with Crippen molar-refractivity contribution in [1.29, 1.82) is 0 Å². The number of halogens is 5. The summed E-state index contributed by atoms with van der Waals surface area (Å²) < 4.78 is 66.8. The molecule has 1 aromatic rings. The lowest BCUT2D eigenvalue weighted by molar-refractivity contribution is -0.136. The van der Waals surface area contributed by atoms with Gasteiger partial charge in [0, 0.05) is 12.8 Å². The first-order valence-electron chi connectivity index (χ1n) is 7.89. The maximum Gasteiger partial charge on any atom is 0.200 e. The molecule has 9 heteroatoms. The van der Waals surface area contributed by atoms with Gasteiger partial charge in [-0.3, -0.25) is 15.0 Å². The molecule has 0 unspecified atom stereocenters. The zero-order chi connectivity index (χ0) is 19.8. The lowest BCUT2D eigenvalue weighted by Gasteiger charge is -2.32. The van der Waals surface area contributed by atoms with Gasteiger partial charge in [0.15, 0.2) is 23.3 Å². The fraction of sp³-hybridized carbons (Fsp3) is 0.471. The molecule has 0 saturated heterocycles. The Labute approximate surface area is 146 Å². The molecule has 0 radical (unpaired) electrons. The van der Waals surface area contributed by atoms with E-state index in [0.29, 0.717) is 0 Å². The van der Waals surface area contributed by atoms with Crippen molar-refractivity contribution >= 4 is 23.0 Å². The molecule has 0 atom stereocenters. The highest BCUT2D eigenvalue weighted by Gasteiger charge is 2.41. The lowest BCUT2D eigenvalue weighted by Crippen LogP contribution is -2.42. The second-order valence-electron chi connectivity index (χ2n) is 6.90. The first kappa shape index (κ1) is 20.0. The summed E-state index contributed by atoms with van der Waals surface area (Å²) in [5, 5.41) is 3.61. The fourth-order valence-corrected chi connectivity index (χ4v) is 2.94. The number of nitrogens with zero attached hydrogens (tertiary/aromatic N) is 1. The molecule has 0 bridgehead atoms. The quantitative estimate of drug-likeness (QED) is 0.215. The highest BCUT2D eigenvalue weighted by atomic mass is 19.2. The smallest absolute Gasteiger partial charge is 0.200 e. The van der Waals surface area contributed by atoms with E-state index in [9.17, 15) is 31.5 Å². The Kier molecular flexibility index (Phi) is 5.48. The molecule has 26 heavy (non-hydrogen) atoms. The van der Waals surface area contributed by atoms with Crippen LogP contribution in [0.15, 0.2) is 5.10 Å². The van der Waals surface area contributed by atoms with Gasteiger partial charge in [0.25, 0.3) is 0 Å². The molecule has 4 nitrogen and oxygen atoms in total. The van der Waals surface area contributed by atoms with E-state index in [2.05, 4.69) is 5.10 Å². The lowest BCUT2D eigenvalue weighted by atomic mass is 9.70. The van der Waals surface area contributed by atoms with Gasteiger partial charge in [0.2, 0.25) is 5.82 Å². The van der Waals surface area contributed by atoms with Gasteiger partial charge in [0.1, 0.15) is 23.2 Å². The summed E-state index contributed by atoms with van der Waals surface area (Å²) in [6, 6.07) is 0. The highest BCUT2D eigenvalue weighted by molar-refractivity contribution is 6.22. The molecular weight excluding hydrogens is 359 g/mol. The number of anilines is 1. The number of hydrogen-bond donors (Lipinski definition) is 1. The van der Waals surface area contributed by atoms with Crippen LogP contribution in [-0.4, -0.2) is 17.3 Å². The van der Waals surface area contributed by atoms with E-state index < -0.39 is 57.7 Å². The first-order valence-corrected chi connectivity index (χ1v) is 7.89. The minimum atomic E-state index is -2.29. The third-order valence-electron chi connectivity index (χ3n) is 4.17. The Balaban J connectivity index is 2.37. The van der Waals surface area contributed by atoms with Gasteiger partial charge in [-0.15, -0.1) is 0 Å². The minimum absolute atomic E-state index is 0.0283. The van der Waals surface area contributed by atoms with Crippen molar-refractivity contribution in [2.45, 2.75) is 40.0 Å². The van der Waals surface area contributed by atoms with Crippen molar-refractivity contribution in [1.82, 2.24) is 0 Å². The van der Waals surface area contributed by atoms with Gasteiger partial charge in [-0.2, -0.15) is 5.10 Å². The first-order chi connectivity index (χ1) is 12.0. The van der Waals surface area contributed by atoms with Crippen LogP contribution in [-0.2, 0) is 9.59 Å². The van der Waals surface area contributed by atoms with Gasteiger partial charge in [0.05, 0.1) is 5.71 Å². The van der Waals surface area contributed by atoms with Crippen molar-refractivity contribution in [2.24, 2.45) is 16.4 Å². The maximum absolute atomic E-state index is 13.7. The second-order valence-corrected chi connectivity index (χ2v) is 6.90. The summed E-state index contributed by atoms with van der Waals surface area (Å²) in [5.41, 5.74) is -0.0869. The Hall–Kier alpha value is -2.32. The van der Waals surface area contributed by atoms with E-state index in [1.807, 2.05) is 0 Å². The van der Waals surface area contributed by atoms with E-state index >= 15 is 0 Å². The standard InChI is InChI=1S/C17H17F5N2O2/c1-4-7(10-8(25)5-17(2,3)6-9(10)26)23-24-16-14(21)12(19)11(18)13(20)15(16)22/h10,24H,4-6H2,1-3H3/b23-7+. The second kappa shape index (κ2) is 7.13. The van der Waals surface area contributed by atoms with Crippen LogP contribution in [0.2, 0.25) is 0 Å². The van der Waals surface area contributed by atoms with E-state index in [1.54, 1.807) is 26.2 Å². The van der Waals surface area contributed by atoms with Crippen molar-refractivity contribution in [3.8, 4) is 0 Å². The molecular formula is C17H17F5N2O2. The number of benzene rings is 1. The van der Waals surface area contributed by atoms with Crippen LogP contribution in [0.25, 0.3) is 0 Å². The molecule has 1 saturated carbocycles. The monoisotopic (exact) mass is 376 g/mol. The summed E-state index contributed by atoms with van der Waals surface area (Å²) in [7, 11) is 0. The average molecular weight is 376 g/mol. The van der Waals surface area contributed by atoms with Gasteiger partial charge < -0.3 is 0 Å². The summed E-state index contributed by atoms with van der Waals surface area (Å²) >= 11 is 0. The van der Waals surface area contributed by atoms with Crippen LogP contribution < -0.4 is 5.43 Å². The largest absolute Gasteiger partial charge is 0.298 e. The third-order valence-corrected chi connectivity index (χ3v) is 4.17. The normalized spacial score (nSPS) is 18.4. The van der Waals surface area contributed by atoms with E-state index in [4.69, 9.17) is 0 Å². The molecule has 0 heterocycles. The van der Waals surface area contributed by atoms with Gasteiger partial charge >= 0.3 is 0 Å². The van der Waals surface area contributed by atoms with Crippen molar-refractivity contribution in [3.05, 3.63) is 29.1 Å². The van der Waals surface area contributed by atoms with Crippen molar-refractivity contribution in [3.63, 3.8) is 0 Å². The van der Waals surface area contributed by atoms with E-state index in [0.717, 1.165) is 0 Å². The molecule has 1 aromatic carbocycles. The van der Waals surface area contributed by atoms with E-state index in [1.165, 1.54) is 0 Å². The molecule has 2 rings (SSSR count). The number of carbonyl (C=O) groups excluding carboxylic acids is 2. The van der Waals surface area contributed by atoms with Crippen LogP contribution >= 0.6 is 0 Å². The Morgan fingerprint density at radius 1 is 0.962 bits per heavy atom. The number of nitrogens with one attached hydrogen (secondary N) is 1. The summed E-state index contributed by atoms with van der Waals surface area (Å²) in [6.45, 7) is 5.07. The molecule has 142 valence electrons. The summed E-state index contributed by atoms with van der Waals surface area (Å²) in [4.78, 5) is 24.5. The van der Waals surface area contributed by atoms with Crippen molar-refractivity contribution in [2.75, 3.05) is 5.43 Å². The number of Topliss-reactive ketones (excluding diaryl/α,β-unsaturated/α-hetero) is 2. The summed E-state index contributed by atoms with van der Waals surface area (Å²) in [6.07, 6.45) is 0.306. The highest BCUT2D eigenvalue weighted by Crippen LogP contribution is 2.35. The minimum Gasteiger partial charge on any atom is -0.298 e. The number of hydrogen-bond acceptors (Lipinski definition) is 4. The van der Waals surface area contributed by atoms with Gasteiger partial charge in [-0.25, -0.2) is 22.0 Å². The third kappa shape index (κ3) is 3.61. The predicted molar refractivity (Wildman–Crippen MR) is 84.1 cm³/mol.